The number of likely N-dealkylation sites (tertiary alicyclic amines) is 1. The van der Waals surface area contributed by atoms with Gasteiger partial charge in [0.15, 0.2) is 5.69 Å². The average Bonchev–Trinajstić information content (AvgIpc) is 2.96. The first-order chi connectivity index (χ1) is 9.70. The Bertz CT molecular complexity index is 735. The third-order valence-electron chi connectivity index (χ3n) is 3.74. The summed E-state index contributed by atoms with van der Waals surface area (Å²) >= 11 is 0. The number of rotatable bonds is 2. The summed E-state index contributed by atoms with van der Waals surface area (Å²) in [6.07, 6.45) is 2.81. The third kappa shape index (κ3) is 2.01. The molecule has 1 aromatic carbocycles. The number of benzene rings is 1. The van der Waals surface area contributed by atoms with Gasteiger partial charge in [-0.25, -0.2) is 5.10 Å². The lowest BCUT2D eigenvalue weighted by Crippen LogP contribution is -2.30. The molecule has 2 heterocycles. The molecule has 1 amide bonds. The van der Waals surface area contributed by atoms with E-state index < -0.39 is 0 Å². The molecule has 102 valence electrons. The topological polar surface area (TPSA) is 66.1 Å². The largest absolute Gasteiger partial charge is 0.337 e. The van der Waals surface area contributed by atoms with Crippen molar-refractivity contribution in [2.45, 2.75) is 6.42 Å². The number of aromatic amines is 1. The molecule has 20 heavy (non-hydrogen) atoms. The maximum absolute atomic E-state index is 12.5. The molecule has 5 heteroatoms. The van der Waals surface area contributed by atoms with E-state index >= 15 is 0 Å². The molecule has 1 saturated heterocycles. The number of fused-ring (bicyclic) bond motifs is 1. The second kappa shape index (κ2) is 4.92. The number of hydrogen-bond acceptors (Lipinski definition) is 3. The first-order valence-electron chi connectivity index (χ1n) is 6.60. The summed E-state index contributed by atoms with van der Waals surface area (Å²) in [5.41, 5.74) is 0.0347. The van der Waals surface area contributed by atoms with Crippen LogP contribution < -0.4 is 5.56 Å². The fraction of sp³-hybridized carbons (Fsp3) is 0.267. The van der Waals surface area contributed by atoms with Gasteiger partial charge in [-0.1, -0.05) is 24.3 Å². The number of H-pyrrole nitrogens is 1. The molecule has 0 bridgehead atoms. The van der Waals surface area contributed by atoms with Crippen molar-refractivity contribution >= 4 is 16.7 Å². The number of carbonyl (C=O) groups is 1. The SMILES string of the molecule is C=CC1CCN(C(=O)c2n[nH]c(=O)c3ccccc23)C1. The Morgan fingerprint density at radius 3 is 2.85 bits per heavy atom. The standard InChI is InChI=1S/C15H15N3O2/c1-2-10-7-8-18(9-10)15(20)13-11-5-3-4-6-12(11)14(19)17-16-13/h2-6,10H,1,7-9H2,(H,17,19). The van der Waals surface area contributed by atoms with Crippen LogP contribution in [0.4, 0.5) is 0 Å². The fourth-order valence-electron chi connectivity index (χ4n) is 2.59. The summed E-state index contributed by atoms with van der Waals surface area (Å²) in [5, 5.41) is 7.44. The first kappa shape index (κ1) is 12.6. The van der Waals surface area contributed by atoms with E-state index in [1.54, 1.807) is 29.2 Å². The molecular weight excluding hydrogens is 254 g/mol. The van der Waals surface area contributed by atoms with Crippen LogP contribution >= 0.6 is 0 Å². The van der Waals surface area contributed by atoms with E-state index in [-0.39, 0.29) is 11.5 Å². The molecular formula is C15H15N3O2. The highest BCUT2D eigenvalue weighted by Crippen LogP contribution is 2.21. The Kier molecular flexibility index (Phi) is 3.10. The van der Waals surface area contributed by atoms with E-state index in [9.17, 15) is 9.59 Å². The van der Waals surface area contributed by atoms with E-state index in [2.05, 4.69) is 16.8 Å². The maximum atomic E-state index is 12.5. The molecule has 1 aromatic heterocycles. The van der Waals surface area contributed by atoms with Crippen LogP contribution in [0.1, 0.15) is 16.9 Å². The minimum Gasteiger partial charge on any atom is -0.337 e. The van der Waals surface area contributed by atoms with Gasteiger partial charge in [0, 0.05) is 18.5 Å². The molecule has 0 radical (unpaired) electrons. The number of carbonyl (C=O) groups excluding carboxylic acids is 1. The van der Waals surface area contributed by atoms with Gasteiger partial charge in [0.05, 0.1) is 5.39 Å². The molecule has 1 fully saturated rings. The van der Waals surface area contributed by atoms with Crippen LogP contribution in [0.3, 0.4) is 0 Å². The number of nitrogens with zero attached hydrogens (tertiary/aromatic N) is 2. The van der Waals surface area contributed by atoms with Gasteiger partial charge in [-0.05, 0) is 18.4 Å². The third-order valence-corrected chi connectivity index (χ3v) is 3.74. The molecule has 5 nitrogen and oxygen atoms in total. The zero-order chi connectivity index (χ0) is 14.1. The van der Waals surface area contributed by atoms with Crippen LogP contribution in [0.25, 0.3) is 10.8 Å². The van der Waals surface area contributed by atoms with E-state index in [1.165, 1.54) is 0 Å². The monoisotopic (exact) mass is 269 g/mol. The summed E-state index contributed by atoms with van der Waals surface area (Å²) in [4.78, 5) is 26.0. The summed E-state index contributed by atoms with van der Waals surface area (Å²) in [6, 6.07) is 7.03. The number of hydrogen-bond donors (Lipinski definition) is 1. The molecule has 2 aromatic rings. The van der Waals surface area contributed by atoms with Crippen molar-refractivity contribution in [3.8, 4) is 0 Å². The zero-order valence-corrected chi connectivity index (χ0v) is 11.0. The molecule has 1 unspecified atom stereocenters. The molecule has 1 N–H and O–H groups in total. The van der Waals surface area contributed by atoms with Crippen molar-refractivity contribution in [2.75, 3.05) is 13.1 Å². The van der Waals surface area contributed by atoms with Crippen molar-refractivity contribution < 1.29 is 4.79 Å². The summed E-state index contributed by atoms with van der Waals surface area (Å²) in [7, 11) is 0. The van der Waals surface area contributed by atoms with Crippen molar-refractivity contribution in [1.29, 1.82) is 0 Å². The summed E-state index contributed by atoms with van der Waals surface area (Å²) in [5.74, 6) is 0.203. The Balaban J connectivity index is 2.03. The zero-order valence-electron chi connectivity index (χ0n) is 11.0. The van der Waals surface area contributed by atoms with Crippen LogP contribution in [0.15, 0.2) is 41.7 Å². The molecule has 0 saturated carbocycles. The van der Waals surface area contributed by atoms with E-state index in [0.717, 1.165) is 6.42 Å². The predicted octanol–water partition coefficient (Wildman–Crippen LogP) is 1.57. The quantitative estimate of drug-likeness (QED) is 0.842. The lowest BCUT2D eigenvalue weighted by molar-refractivity contribution is 0.0784. The second-order valence-electron chi connectivity index (χ2n) is 4.98. The van der Waals surface area contributed by atoms with E-state index in [0.29, 0.717) is 35.5 Å². The lowest BCUT2D eigenvalue weighted by atomic mass is 10.1. The van der Waals surface area contributed by atoms with Gasteiger partial charge in [0.25, 0.3) is 11.5 Å². The van der Waals surface area contributed by atoms with Crippen LogP contribution in [-0.4, -0.2) is 34.1 Å². The number of nitrogens with one attached hydrogen (secondary N) is 1. The Morgan fingerprint density at radius 1 is 1.40 bits per heavy atom. The molecule has 1 aliphatic heterocycles. The molecule has 3 rings (SSSR count). The van der Waals surface area contributed by atoms with E-state index in [1.807, 2.05) is 6.08 Å². The highest BCUT2D eigenvalue weighted by molar-refractivity contribution is 6.04. The van der Waals surface area contributed by atoms with Gasteiger partial charge in [-0.2, -0.15) is 5.10 Å². The van der Waals surface area contributed by atoms with Crippen molar-refractivity contribution in [3.05, 3.63) is 53.0 Å². The van der Waals surface area contributed by atoms with Gasteiger partial charge in [0.2, 0.25) is 0 Å². The Morgan fingerprint density at radius 2 is 2.15 bits per heavy atom. The molecule has 0 spiro atoms. The molecule has 1 atom stereocenters. The minimum atomic E-state index is -0.275. The van der Waals surface area contributed by atoms with Crippen LogP contribution in [-0.2, 0) is 0 Å². The first-order valence-corrected chi connectivity index (χ1v) is 6.60. The molecule has 0 aliphatic carbocycles. The van der Waals surface area contributed by atoms with Crippen molar-refractivity contribution in [2.24, 2.45) is 5.92 Å². The van der Waals surface area contributed by atoms with Gasteiger partial charge < -0.3 is 4.90 Å². The molecule has 1 aliphatic rings. The van der Waals surface area contributed by atoms with Crippen LogP contribution in [0.2, 0.25) is 0 Å². The summed E-state index contributed by atoms with van der Waals surface area (Å²) < 4.78 is 0. The van der Waals surface area contributed by atoms with E-state index in [4.69, 9.17) is 0 Å². The number of aromatic nitrogens is 2. The Hall–Kier alpha value is -2.43. The Labute approximate surface area is 115 Å². The fourth-order valence-corrected chi connectivity index (χ4v) is 2.59. The lowest BCUT2D eigenvalue weighted by Gasteiger charge is -2.15. The second-order valence-corrected chi connectivity index (χ2v) is 4.98. The average molecular weight is 269 g/mol. The maximum Gasteiger partial charge on any atom is 0.274 e. The normalized spacial score (nSPS) is 18.4. The highest BCUT2D eigenvalue weighted by Gasteiger charge is 2.27. The van der Waals surface area contributed by atoms with Gasteiger partial charge >= 0.3 is 0 Å². The van der Waals surface area contributed by atoms with Gasteiger partial charge in [-0.15, -0.1) is 6.58 Å². The summed E-state index contributed by atoms with van der Waals surface area (Å²) in [6.45, 7) is 5.13. The number of amides is 1. The van der Waals surface area contributed by atoms with Crippen LogP contribution in [0.5, 0.6) is 0 Å². The van der Waals surface area contributed by atoms with Gasteiger partial charge in [-0.3, -0.25) is 9.59 Å². The minimum absolute atomic E-state index is 0.137. The van der Waals surface area contributed by atoms with Gasteiger partial charge in [0.1, 0.15) is 0 Å². The smallest absolute Gasteiger partial charge is 0.274 e. The highest BCUT2D eigenvalue weighted by atomic mass is 16.2. The van der Waals surface area contributed by atoms with Crippen molar-refractivity contribution in [3.63, 3.8) is 0 Å². The van der Waals surface area contributed by atoms with Crippen molar-refractivity contribution in [1.82, 2.24) is 15.1 Å². The van der Waals surface area contributed by atoms with Crippen LogP contribution in [0, 0.1) is 5.92 Å². The predicted molar refractivity (Wildman–Crippen MR) is 76.6 cm³/mol.